The minimum atomic E-state index is -1.07. The smallest absolute Gasteiger partial charge is 0.410 e. The highest BCUT2D eigenvalue weighted by Crippen LogP contribution is 2.32. The van der Waals surface area contributed by atoms with Crippen molar-refractivity contribution in [1.82, 2.24) is 20.9 Å². The minimum absolute atomic E-state index is 0.121. The number of benzene rings is 2. The van der Waals surface area contributed by atoms with E-state index in [2.05, 4.69) is 16.0 Å². The van der Waals surface area contributed by atoms with Crippen molar-refractivity contribution in [2.45, 2.75) is 50.3 Å². The lowest BCUT2D eigenvalue weighted by Gasteiger charge is -2.25. The number of urea groups is 2. The normalized spacial score (nSPS) is 25.5. The molecule has 41 heavy (non-hydrogen) atoms. The summed E-state index contributed by atoms with van der Waals surface area (Å²) in [4.78, 5) is 65.5. The zero-order chi connectivity index (χ0) is 29.4. The third-order valence-electron chi connectivity index (χ3n) is 7.43. The van der Waals surface area contributed by atoms with Crippen LogP contribution in [0.4, 0.5) is 25.8 Å². The minimum Gasteiger partial charge on any atom is -0.444 e. The molecule has 0 bridgehead atoms. The number of nitrogens with zero attached hydrogens (tertiary/aromatic N) is 3. The predicted octanol–water partition coefficient (Wildman–Crippen LogP) is 2.60. The Labute approximate surface area is 238 Å². The van der Waals surface area contributed by atoms with Gasteiger partial charge < -0.3 is 25.6 Å². The van der Waals surface area contributed by atoms with E-state index in [0.717, 1.165) is 11.4 Å². The van der Waals surface area contributed by atoms with Crippen LogP contribution in [-0.2, 0) is 14.3 Å². The van der Waals surface area contributed by atoms with Crippen LogP contribution >= 0.6 is 0 Å². The molecule has 4 heterocycles. The van der Waals surface area contributed by atoms with Crippen molar-refractivity contribution in [2.75, 3.05) is 36.0 Å². The van der Waals surface area contributed by atoms with Gasteiger partial charge in [-0.2, -0.15) is 0 Å². The van der Waals surface area contributed by atoms with Crippen molar-refractivity contribution < 1.29 is 28.7 Å². The van der Waals surface area contributed by atoms with Gasteiger partial charge in [0.2, 0.25) is 0 Å². The van der Waals surface area contributed by atoms with Crippen molar-refractivity contribution in [3.63, 3.8) is 0 Å². The number of hydrogen-bond acceptors (Lipinski definition) is 7. The summed E-state index contributed by atoms with van der Waals surface area (Å²) in [5, 5.41) is 8.68. The quantitative estimate of drug-likeness (QED) is 0.478. The van der Waals surface area contributed by atoms with E-state index in [1.165, 1.54) is 9.80 Å². The summed E-state index contributed by atoms with van der Waals surface area (Å²) in [5.74, 6) is -0.483. The van der Waals surface area contributed by atoms with E-state index in [4.69, 9.17) is 4.74 Å². The van der Waals surface area contributed by atoms with Crippen LogP contribution in [0.1, 0.15) is 33.6 Å². The first-order valence-corrected chi connectivity index (χ1v) is 13.6. The molecule has 2 aromatic rings. The van der Waals surface area contributed by atoms with Crippen LogP contribution < -0.4 is 25.8 Å². The summed E-state index contributed by atoms with van der Waals surface area (Å²) in [6, 6.07) is 17.0. The van der Waals surface area contributed by atoms with Crippen molar-refractivity contribution in [2.24, 2.45) is 0 Å². The molecule has 0 radical (unpaired) electrons. The maximum atomic E-state index is 12.9. The summed E-state index contributed by atoms with van der Waals surface area (Å²) in [6.07, 6.45) is 0.556. The number of rotatable bonds is 2. The fraction of sp³-hybridized carbons (Fsp3) is 0.414. The number of nitrogens with one attached hydrogen (secondary N) is 3. The van der Waals surface area contributed by atoms with E-state index in [9.17, 15) is 24.0 Å². The number of carbonyl (C=O) groups is 5. The number of likely N-dealkylation sites (tertiary alicyclic amines) is 1. The van der Waals surface area contributed by atoms with Gasteiger partial charge in [0.25, 0.3) is 11.8 Å². The molecule has 7 amide bonds. The second-order valence-corrected chi connectivity index (χ2v) is 11.6. The molecule has 2 atom stereocenters. The number of anilines is 2. The number of amides is 7. The molecule has 12 nitrogen and oxygen atoms in total. The first-order chi connectivity index (χ1) is 19.4. The molecule has 2 aromatic carbocycles. The van der Waals surface area contributed by atoms with E-state index >= 15 is 0 Å². The van der Waals surface area contributed by atoms with Crippen LogP contribution in [0.3, 0.4) is 0 Å². The van der Waals surface area contributed by atoms with Gasteiger partial charge in [-0.1, -0.05) is 36.4 Å². The van der Waals surface area contributed by atoms with E-state index in [1.54, 1.807) is 57.2 Å². The van der Waals surface area contributed by atoms with Crippen molar-refractivity contribution in [1.29, 1.82) is 0 Å². The summed E-state index contributed by atoms with van der Waals surface area (Å²) in [5.41, 5.74) is -1.26. The van der Waals surface area contributed by atoms with Gasteiger partial charge in [-0.05, 0) is 64.4 Å². The topological polar surface area (TPSA) is 140 Å². The van der Waals surface area contributed by atoms with Gasteiger partial charge in [-0.3, -0.25) is 9.59 Å². The SMILES string of the molecule is CC(C)(C)OC(=O)N1CCC2(C1)NC(=O)N(c1ccccc1)C2=O.O=C1NC2(CCNC2)C(=O)N1c1ccccc1. The van der Waals surface area contributed by atoms with E-state index in [0.29, 0.717) is 37.3 Å². The highest BCUT2D eigenvalue weighted by Gasteiger charge is 2.56. The Bertz CT molecular complexity index is 1350. The third-order valence-corrected chi connectivity index (χ3v) is 7.43. The molecule has 0 saturated carbocycles. The second-order valence-electron chi connectivity index (χ2n) is 11.6. The van der Waals surface area contributed by atoms with Crippen molar-refractivity contribution in [3.05, 3.63) is 60.7 Å². The van der Waals surface area contributed by atoms with Crippen molar-refractivity contribution >= 4 is 41.3 Å². The molecule has 4 aliphatic heterocycles. The zero-order valence-electron chi connectivity index (χ0n) is 23.3. The third kappa shape index (κ3) is 5.34. The molecule has 12 heteroatoms. The van der Waals surface area contributed by atoms with Gasteiger partial charge in [0.05, 0.1) is 17.9 Å². The van der Waals surface area contributed by atoms with Gasteiger partial charge in [-0.15, -0.1) is 0 Å². The van der Waals surface area contributed by atoms with Gasteiger partial charge in [-0.25, -0.2) is 24.2 Å². The van der Waals surface area contributed by atoms with E-state index < -0.39 is 28.8 Å². The van der Waals surface area contributed by atoms with Crippen LogP contribution in [-0.4, -0.2) is 77.7 Å². The predicted molar refractivity (Wildman–Crippen MR) is 150 cm³/mol. The molecular formula is C29H34N6O6. The lowest BCUT2D eigenvalue weighted by molar-refractivity contribution is -0.122. The molecule has 3 N–H and O–H groups in total. The van der Waals surface area contributed by atoms with Gasteiger partial charge in [0, 0.05) is 13.1 Å². The molecule has 4 aliphatic rings. The second kappa shape index (κ2) is 10.5. The molecule has 4 fully saturated rings. The monoisotopic (exact) mass is 562 g/mol. The Balaban J connectivity index is 0.000000174. The zero-order valence-corrected chi connectivity index (χ0v) is 23.3. The lowest BCUT2D eigenvalue weighted by Crippen LogP contribution is -2.50. The number of para-hydroxylation sites is 2. The molecular weight excluding hydrogens is 528 g/mol. The molecule has 6 rings (SSSR count). The fourth-order valence-electron chi connectivity index (χ4n) is 5.41. The van der Waals surface area contributed by atoms with Crippen LogP contribution in [0.25, 0.3) is 0 Å². The number of imide groups is 2. The Kier molecular flexibility index (Phi) is 7.20. The summed E-state index contributed by atoms with van der Waals surface area (Å²) in [7, 11) is 0. The largest absolute Gasteiger partial charge is 0.444 e. The van der Waals surface area contributed by atoms with E-state index in [1.807, 2.05) is 24.3 Å². The maximum Gasteiger partial charge on any atom is 0.410 e. The number of ether oxygens (including phenoxy) is 1. The van der Waals surface area contributed by atoms with Gasteiger partial charge in [0.15, 0.2) is 0 Å². The molecule has 2 spiro atoms. The molecule has 216 valence electrons. The van der Waals surface area contributed by atoms with Crippen molar-refractivity contribution in [3.8, 4) is 0 Å². The molecule has 0 aromatic heterocycles. The Morgan fingerprint density at radius 1 is 0.780 bits per heavy atom. The highest BCUT2D eigenvalue weighted by atomic mass is 16.6. The Morgan fingerprint density at radius 3 is 1.78 bits per heavy atom. The van der Waals surface area contributed by atoms with Crippen LogP contribution in [0, 0.1) is 0 Å². The average Bonchev–Trinajstić information content (AvgIpc) is 3.68. The van der Waals surface area contributed by atoms with E-state index in [-0.39, 0.29) is 24.4 Å². The Hall–Kier alpha value is -4.45. The number of carbonyl (C=O) groups excluding carboxylic acids is 5. The van der Waals surface area contributed by atoms with Gasteiger partial charge in [0.1, 0.15) is 16.7 Å². The van der Waals surface area contributed by atoms with Crippen LogP contribution in [0.5, 0.6) is 0 Å². The average molecular weight is 563 g/mol. The summed E-state index contributed by atoms with van der Waals surface area (Å²) in [6.45, 7) is 7.12. The maximum absolute atomic E-state index is 12.9. The lowest BCUT2D eigenvalue weighted by atomic mass is 9.99. The van der Waals surface area contributed by atoms with Crippen LogP contribution in [0.15, 0.2) is 60.7 Å². The first kappa shape index (κ1) is 28.1. The summed E-state index contributed by atoms with van der Waals surface area (Å²) < 4.78 is 5.35. The standard InChI is InChI=1S/C17H21N3O4.C12H13N3O2/c1-16(2,3)24-15(23)19-10-9-17(11-19)13(21)20(14(22)18-17)12-7-5-4-6-8-12;16-10-12(6-7-13-8-12)14-11(17)15(10)9-4-2-1-3-5-9/h4-8H,9-11H2,1-3H3,(H,18,22);1-5,13H,6-8H2,(H,14,17). The first-order valence-electron chi connectivity index (χ1n) is 13.6. The van der Waals surface area contributed by atoms with Crippen LogP contribution in [0.2, 0.25) is 0 Å². The molecule has 2 unspecified atom stereocenters. The summed E-state index contributed by atoms with van der Waals surface area (Å²) >= 11 is 0. The highest BCUT2D eigenvalue weighted by molar-refractivity contribution is 6.24. The van der Waals surface area contributed by atoms with Gasteiger partial charge >= 0.3 is 18.2 Å². The Morgan fingerprint density at radius 2 is 1.29 bits per heavy atom. The fourth-order valence-corrected chi connectivity index (χ4v) is 5.41. The molecule has 0 aliphatic carbocycles. The number of hydrogen-bond donors (Lipinski definition) is 3. The molecule has 4 saturated heterocycles.